The van der Waals surface area contributed by atoms with Crippen molar-refractivity contribution in [1.82, 2.24) is 14.8 Å². The summed E-state index contributed by atoms with van der Waals surface area (Å²) in [6.45, 7) is 2.70. The van der Waals surface area contributed by atoms with Gasteiger partial charge in [-0.05, 0) is 18.2 Å². The molecule has 1 aliphatic rings. The number of pyridine rings is 1. The average molecular weight is 437 g/mol. The second kappa shape index (κ2) is 7.99. The van der Waals surface area contributed by atoms with E-state index in [1.165, 1.54) is 4.68 Å². The predicted molar refractivity (Wildman–Crippen MR) is 114 cm³/mol. The highest BCUT2D eigenvalue weighted by atomic mass is 35.5. The molecule has 4 rings (SSSR count). The van der Waals surface area contributed by atoms with Crippen LogP contribution in [0.5, 0.6) is 0 Å². The Morgan fingerprint density at radius 1 is 0.893 bits per heavy atom. The molecule has 1 aliphatic heterocycles. The largest absolute Gasteiger partial charge is 0.365 e. The monoisotopic (exact) mass is 435 g/mol. The number of hydrogen-bond acceptors (Lipinski definition) is 5. The number of para-hydroxylation sites is 1. The van der Waals surface area contributed by atoms with Gasteiger partial charge in [0.15, 0.2) is 0 Å². The van der Waals surface area contributed by atoms with Crippen molar-refractivity contribution in [2.75, 3.05) is 36.0 Å². The molecular formula is C19H16Cl3N5O. The third-order valence-corrected chi connectivity index (χ3v) is 5.45. The van der Waals surface area contributed by atoms with Crippen molar-refractivity contribution >= 4 is 46.3 Å². The van der Waals surface area contributed by atoms with E-state index in [1.807, 2.05) is 35.2 Å². The number of rotatable bonds is 3. The van der Waals surface area contributed by atoms with E-state index in [2.05, 4.69) is 15.0 Å². The summed E-state index contributed by atoms with van der Waals surface area (Å²) >= 11 is 18.6. The quantitative estimate of drug-likeness (QED) is 0.623. The highest BCUT2D eigenvalue weighted by Crippen LogP contribution is 2.28. The van der Waals surface area contributed by atoms with Crippen molar-refractivity contribution in [1.29, 1.82) is 0 Å². The van der Waals surface area contributed by atoms with Gasteiger partial charge in [0.2, 0.25) is 0 Å². The van der Waals surface area contributed by atoms with E-state index in [0.29, 0.717) is 53.4 Å². The number of anilines is 2. The minimum Gasteiger partial charge on any atom is -0.365 e. The predicted octanol–water partition coefficient (Wildman–Crippen LogP) is 3.91. The molecule has 0 saturated carbocycles. The van der Waals surface area contributed by atoms with Crippen molar-refractivity contribution in [3.05, 3.63) is 74.2 Å². The standard InChI is InChI=1S/C19H16Cl3N5O/c20-13-10-15(21)18(23-11-13)26-8-6-25(7-9-26)16-12-24-27(19(28)17(16)22)14-4-2-1-3-5-14/h1-5,10-12H,6-9H2. The van der Waals surface area contributed by atoms with Crippen molar-refractivity contribution in [2.45, 2.75) is 0 Å². The molecule has 0 radical (unpaired) electrons. The van der Waals surface area contributed by atoms with Gasteiger partial charge in [0.05, 0.1) is 27.6 Å². The molecule has 6 nitrogen and oxygen atoms in total. The molecule has 0 amide bonds. The Kier molecular flexibility index (Phi) is 5.44. The van der Waals surface area contributed by atoms with Gasteiger partial charge in [0, 0.05) is 32.4 Å². The number of aromatic nitrogens is 3. The smallest absolute Gasteiger partial charge is 0.292 e. The maximum Gasteiger partial charge on any atom is 0.292 e. The highest BCUT2D eigenvalue weighted by molar-refractivity contribution is 6.36. The van der Waals surface area contributed by atoms with Gasteiger partial charge in [0.1, 0.15) is 10.8 Å². The lowest BCUT2D eigenvalue weighted by Gasteiger charge is -2.37. The van der Waals surface area contributed by atoms with Gasteiger partial charge >= 0.3 is 0 Å². The Labute approximate surface area is 176 Å². The van der Waals surface area contributed by atoms with Crippen LogP contribution < -0.4 is 15.4 Å². The van der Waals surface area contributed by atoms with Crippen LogP contribution in [0, 0.1) is 0 Å². The fourth-order valence-electron chi connectivity index (χ4n) is 3.20. The summed E-state index contributed by atoms with van der Waals surface area (Å²) in [7, 11) is 0. The summed E-state index contributed by atoms with van der Waals surface area (Å²) in [5.41, 5.74) is 0.970. The molecule has 9 heteroatoms. The van der Waals surface area contributed by atoms with Gasteiger partial charge in [-0.15, -0.1) is 0 Å². The number of piperazine rings is 1. The minimum absolute atomic E-state index is 0.162. The first-order valence-corrected chi connectivity index (χ1v) is 9.82. The maximum absolute atomic E-state index is 12.7. The van der Waals surface area contributed by atoms with Gasteiger partial charge in [0.25, 0.3) is 5.56 Å². The molecule has 0 spiro atoms. The van der Waals surface area contributed by atoms with E-state index in [9.17, 15) is 4.79 Å². The van der Waals surface area contributed by atoms with Crippen molar-refractivity contribution in [3.8, 4) is 5.69 Å². The lowest BCUT2D eigenvalue weighted by Crippen LogP contribution is -2.47. The van der Waals surface area contributed by atoms with Crippen LogP contribution in [0.2, 0.25) is 15.1 Å². The van der Waals surface area contributed by atoms with Crippen LogP contribution in [0.25, 0.3) is 5.69 Å². The first kappa shape index (κ1) is 19.1. The minimum atomic E-state index is -0.338. The number of halogens is 3. The lowest BCUT2D eigenvalue weighted by molar-refractivity contribution is 0.643. The Bertz CT molecular complexity index is 1050. The fraction of sp³-hybridized carbons (Fsp3) is 0.211. The van der Waals surface area contributed by atoms with E-state index in [4.69, 9.17) is 34.8 Å². The molecule has 1 fully saturated rings. The molecule has 144 valence electrons. The zero-order chi connectivity index (χ0) is 19.7. The number of hydrogen-bond donors (Lipinski definition) is 0. The topological polar surface area (TPSA) is 54.3 Å². The SMILES string of the molecule is O=c1c(Cl)c(N2CCN(c3ncc(Cl)cc3Cl)CC2)cnn1-c1ccccc1. The maximum atomic E-state index is 12.7. The molecular weight excluding hydrogens is 421 g/mol. The van der Waals surface area contributed by atoms with Gasteiger partial charge in [-0.2, -0.15) is 9.78 Å². The molecule has 3 aromatic rings. The molecule has 0 atom stereocenters. The zero-order valence-electron chi connectivity index (χ0n) is 14.7. The van der Waals surface area contributed by atoms with Gasteiger partial charge < -0.3 is 9.80 Å². The van der Waals surface area contributed by atoms with Crippen molar-refractivity contribution in [3.63, 3.8) is 0 Å². The number of nitrogens with zero attached hydrogens (tertiary/aromatic N) is 5. The first-order chi connectivity index (χ1) is 13.5. The lowest BCUT2D eigenvalue weighted by atomic mass is 10.2. The van der Waals surface area contributed by atoms with E-state index >= 15 is 0 Å². The zero-order valence-corrected chi connectivity index (χ0v) is 17.0. The Morgan fingerprint density at radius 3 is 2.25 bits per heavy atom. The van der Waals surface area contributed by atoms with Crippen molar-refractivity contribution < 1.29 is 0 Å². The first-order valence-electron chi connectivity index (χ1n) is 8.69. The summed E-state index contributed by atoms with van der Waals surface area (Å²) in [6.07, 6.45) is 3.22. The molecule has 1 saturated heterocycles. The molecule has 3 heterocycles. The average Bonchev–Trinajstić information content (AvgIpc) is 2.71. The van der Waals surface area contributed by atoms with Crippen LogP contribution in [-0.2, 0) is 0 Å². The summed E-state index contributed by atoms with van der Waals surface area (Å²) in [6, 6.07) is 10.9. The van der Waals surface area contributed by atoms with Crippen LogP contribution >= 0.6 is 34.8 Å². The van der Waals surface area contributed by atoms with Gasteiger partial charge in [-0.25, -0.2) is 4.98 Å². The molecule has 0 unspecified atom stereocenters. The van der Waals surface area contributed by atoms with E-state index in [-0.39, 0.29) is 10.6 Å². The molecule has 28 heavy (non-hydrogen) atoms. The van der Waals surface area contributed by atoms with Crippen LogP contribution in [-0.4, -0.2) is 40.9 Å². The normalized spacial score (nSPS) is 14.4. The summed E-state index contributed by atoms with van der Waals surface area (Å²) in [4.78, 5) is 21.1. The van der Waals surface area contributed by atoms with Crippen LogP contribution in [0.1, 0.15) is 0 Å². The van der Waals surface area contributed by atoms with E-state index in [1.54, 1.807) is 18.5 Å². The third kappa shape index (κ3) is 3.68. The molecule has 0 aliphatic carbocycles. The molecule has 0 N–H and O–H groups in total. The second-order valence-corrected chi connectivity index (χ2v) is 7.55. The Hall–Kier alpha value is -2.28. The van der Waals surface area contributed by atoms with E-state index < -0.39 is 0 Å². The van der Waals surface area contributed by atoms with Crippen LogP contribution in [0.3, 0.4) is 0 Å². The van der Waals surface area contributed by atoms with Crippen molar-refractivity contribution in [2.24, 2.45) is 0 Å². The number of benzene rings is 1. The Balaban J connectivity index is 1.54. The second-order valence-electron chi connectivity index (χ2n) is 6.33. The summed E-state index contributed by atoms with van der Waals surface area (Å²) in [5.74, 6) is 0.703. The fourth-order valence-corrected chi connectivity index (χ4v) is 3.94. The molecule has 1 aromatic carbocycles. The van der Waals surface area contributed by atoms with E-state index in [0.717, 1.165) is 0 Å². The summed E-state index contributed by atoms with van der Waals surface area (Å²) in [5, 5.41) is 5.49. The Morgan fingerprint density at radius 2 is 1.57 bits per heavy atom. The third-order valence-electron chi connectivity index (χ3n) is 4.61. The van der Waals surface area contributed by atoms with Gasteiger partial charge in [-0.1, -0.05) is 53.0 Å². The highest BCUT2D eigenvalue weighted by Gasteiger charge is 2.23. The van der Waals surface area contributed by atoms with Crippen LogP contribution in [0.15, 0.2) is 53.6 Å². The van der Waals surface area contributed by atoms with Crippen LogP contribution in [0.4, 0.5) is 11.5 Å². The molecule has 2 aromatic heterocycles. The van der Waals surface area contributed by atoms with Gasteiger partial charge in [-0.3, -0.25) is 4.79 Å². The molecule has 0 bridgehead atoms. The summed E-state index contributed by atoms with van der Waals surface area (Å²) < 4.78 is 1.31.